The minimum absolute atomic E-state index is 0. The molecule has 55 valence electrons. The predicted octanol–water partition coefficient (Wildman–Crippen LogP) is -0.652. The smallest absolute Gasteiger partial charge is 0.239 e. The quantitative estimate of drug-likeness (QED) is 0.608. The number of aromatic nitrogens is 1. The second-order valence-corrected chi connectivity index (χ2v) is 3.30. The van der Waals surface area contributed by atoms with Crippen molar-refractivity contribution in [3.63, 3.8) is 0 Å². The van der Waals surface area contributed by atoms with Crippen LogP contribution in [0.1, 0.15) is 0 Å². The molecule has 2 N–H and O–H groups in total. The van der Waals surface area contributed by atoms with Gasteiger partial charge in [0.2, 0.25) is 10.0 Å². The van der Waals surface area contributed by atoms with Crippen LogP contribution in [0.25, 0.3) is 0 Å². The summed E-state index contributed by atoms with van der Waals surface area (Å²) < 4.78 is 21.1. The average molecular weight is 197 g/mol. The maximum Gasteiger partial charge on any atom is 0.239 e. The zero-order chi connectivity index (χ0) is 7.61. The fourth-order valence-electron chi connectivity index (χ4n) is 0.515. The fourth-order valence-corrected chi connectivity index (χ4v) is 0.991. The third kappa shape index (κ3) is 3.75. The summed E-state index contributed by atoms with van der Waals surface area (Å²) in [4.78, 5) is 3.63. The summed E-state index contributed by atoms with van der Waals surface area (Å²) in [6, 6.07) is 2.90. The minimum Gasteiger partial charge on any atom is -0.263 e. The van der Waals surface area contributed by atoms with Gasteiger partial charge in [-0.3, -0.25) is 4.98 Å². The van der Waals surface area contributed by atoms with Crippen LogP contribution in [0.4, 0.5) is 0 Å². The number of nitrogens with zero attached hydrogens (tertiary/aromatic N) is 1. The van der Waals surface area contributed by atoms with Crippen LogP contribution in [0, 0.1) is 0 Å². The van der Waals surface area contributed by atoms with Crippen molar-refractivity contribution in [1.29, 1.82) is 0 Å². The molecule has 0 amide bonds. The van der Waals surface area contributed by atoms with E-state index in [2.05, 4.69) is 4.98 Å². The maximum atomic E-state index is 10.6. The van der Waals surface area contributed by atoms with E-state index in [1.165, 1.54) is 24.5 Å². The Balaban J connectivity index is 0.000001000. The largest absolute Gasteiger partial charge is 0.263 e. The van der Waals surface area contributed by atoms with E-state index in [1.54, 1.807) is 0 Å². The molecule has 0 unspecified atom stereocenters. The number of nitrogens with two attached hydrogens (primary N) is 1. The molecule has 1 rings (SSSR count). The third-order valence-corrected chi connectivity index (χ3v) is 1.86. The molecule has 0 bridgehead atoms. The normalized spacial score (nSPS) is 10.3. The molecule has 0 atom stereocenters. The Kier molecular flexibility index (Phi) is 4.95. The monoisotopic (exact) mass is 197 g/mol. The molecule has 0 saturated carbocycles. The van der Waals surface area contributed by atoms with Crippen LogP contribution in [-0.2, 0) is 10.0 Å². The first kappa shape index (κ1) is 11.7. The van der Waals surface area contributed by atoms with Crippen molar-refractivity contribution in [2.24, 2.45) is 5.14 Å². The van der Waals surface area contributed by atoms with E-state index in [1.807, 2.05) is 0 Å². The van der Waals surface area contributed by atoms with E-state index in [0.717, 1.165) is 0 Å². The van der Waals surface area contributed by atoms with Crippen molar-refractivity contribution in [2.75, 3.05) is 0 Å². The SMILES string of the molecule is NS(=O)(=O)c1cccnc1.[K]. The Bertz CT molecular complexity index is 311. The Morgan fingerprint density at radius 3 is 2.36 bits per heavy atom. The van der Waals surface area contributed by atoms with Gasteiger partial charge in [-0.25, -0.2) is 13.6 Å². The number of primary sulfonamides is 1. The molecule has 1 heterocycles. The van der Waals surface area contributed by atoms with Gasteiger partial charge in [-0.05, 0) is 12.1 Å². The van der Waals surface area contributed by atoms with Crippen LogP contribution < -0.4 is 5.14 Å². The van der Waals surface area contributed by atoms with Gasteiger partial charge in [0.15, 0.2) is 0 Å². The molecule has 1 radical (unpaired) electrons. The van der Waals surface area contributed by atoms with E-state index in [0.29, 0.717) is 0 Å². The van der Waals surface area contributed by atoms with Crippen molar-refractivity contribution < 1.29 is 8.42 Å². The first-order chi connectivity index (χ1) is 4.61. The summed E-state index contributed by atoms with van der Waals surface area (Å²) in [6.45, 7) is 0. The van der Waals surface area contributed by atoms with Gasteiger partial charge >= 0.3 is 0 Å². The van der Waals surface area contributed by atoms with Gasteiger partial charge in [0.05, 0.1) is 0 Å². The van der Waals surface area contributed by atoms with Crippen LogP contribution in [0.5, 0.6) is 0 Å². The Labute approximate surface area is 108 Å². The van der Waals surface area contributed by atoms with Crippen LogP contribution >= 0.6 is 0 Å². The van der Waals surface area contributed by atoms with E-state index < -0.39 is 10.0 Å². The topological polar surface area (TPSA) is 73.1 Å². The molecule has 11 heavy (non-hydrogen) atoms. The molecule has 0 aliphatic heterocycles. The first-order valence-corrected chi connectivity index (χ1v) is 4.08. The van der Waals surface area contributed by atoms with E-state index in [-0.39, 0.29) is 56.3 Å². The second-order valence-electron chi connectivity index (χ2n) is 1.73. The summed E-state index contributed by atoms with van der Waals surface area (Å²) >= 11 is 0. The number of pyridine rings is 1. The molecular formula is C5H6KN2O2S. The zero-order valence-corrected chi connectivity index (χ0v) is 10.00. The van der Waals surface area contributed by atoms with E-state index >= 15 is 0 Å². The molecule has 0 aliphatic carbocycles. The summed E-state index contributed by atoms with van der Waals surface area (Å²) in [5.74, 6) is 0. The van der Waals surface area contributed by atoms with Crippen molar-refractivity contribution >= 4 is 61.4 Å². The average Bonchev–Trinajstić information content (AvgIpc) is 1.88. The Morgan fingerprint density at radius 2 is 2.09 bits per heavy atom. The van der Waals surface area contributed by atoms with E-state index in [9.17, 15) is 8.42 Å². The molecular weight excluding hydrogens is 191 g/mol. The Morgan fingerprint density at radius 1 is 1.45 bits per heavy atom. The Hall–Kier alpha value is 0.696. The van der Waals surface area contributed by atoms with Gasteiger partial charge in [-0.2, -0.15) is 0 Å². The van der Waals surface area contributed by atoms with E-state index in [4.69, 9.17) is 5.14 Å². The zero-order valence-electron chi connectivity index (χ0n) is 6.06. The third-order valence-electron chi connectivity index (χ3n) is 0.963. The van der Waals surface area contributed by atoms with Crippen molar-refractivity contribution in [2.45, 2.75) is 4.90 Å². The van der Waals surface area contributed by atoms with Gasteiger partial charge in [0, 0.05) is 63.8 Å². The summed E-state index contributed by atoms with van der Waals surface area (Å²) in [6.07, 6.45) is 2.68. The molecule has 0 fully saturated rings. The molecule has 0 aliphatic rings. The summed E-state index contributed by atoms with van der Waals surface area (Å²) in [5.41, 5.74) is 0. The molecule has 4 nitrogen and oxygen atoms in total. The molecule has 1 aromatic heterocycles. The molecule has 0 aromatic carbocycles. The second kappa shape index (κ2) is 4.66. The van der Waals surface area contributed by atoms with Gasteiger partial charge in [0.25, 0.3) is 0 Å². The maximum absolute atomic E-state index is 10.6. The van der Waals surface area contributed by atoms with Crippen LogP contribution in [0.2, 0.25) is 0 Å². The van der Waals surface area contributed by atoms with Crippen molar-refractivity contribution in [3.8, 4) is 0 Å². The van der Waals surface area contributed by atoms with Crippen LogP contribution in [0.15, 0.2) is 29.4 Å². The van der Waals surface area contributed by atoms with Gasteiger partial charge in [-0.15, -0.1) is 0 Å². The van der Waals surface area contributed by atoms with Crippen LogP contribution in [-0.4, -0.2) is 64.8 Å². The first-order valence-electron chi connectivity index (χ1n) is 2.53. The molecule has 0 spiro atoms. The number of rotatable bonds is 1. The minimum atomic E-state index is -3.57. The summed E-state index contributed by atoms with van der Waals surface area (Å²) in [7, 11) is -3.57. The predicted molar refractivity (Wildman–Crippen MR) is 41.4 cm³/mol. The van der Waals surface area contributed by atoms with Crippen LogP contribution in [0.3, 0.4) is 0 Å². The van der Waals surface area contributed by atoms with Gasteiger partial charge < -0.3 is 0 Å². The molecule has 0 saturated heterocycles. The summed E-state index contributed by atoms with van der Waals surface area (Å²) in [5, 5.41) is 4.79. The molecule has 6 heteroatoms. The van der Waals surface area contributed by atoms with Crippen molar-refractivity contribution in [1.82, 2.24) is 4.98 Å². The number of hydrogen-bond acceptors (Lipinski definition) is 3. The fraction of sp³-hybridized carbons (Fsp3) is 0. The molecule has 1 aromatic rings. The van der Waals surface area contributed by atoms with Gasteiger partial charge in [0.1, 0.15) is 4.90 Å². The van der Waals surface area contributed by atoms with Crippen molar-refractivity contribution in [3.05, 3.63) is 24.5 Å². The standard InChI is InChI=1S/C5H6N2O2S.K/c6-10(8,9)5-2-1-3-7-4-5;/h1-4H,(H2,6,8,9);. The number of sulfonamides is 1. The van der Waals surface area contributed by atoms with Gasteiger partial charge in [-0.1, -0.05) is 0 Å². The number of hydrogen-bond donors (Lipinski definition) is 1.